The van der Waals surface area contributed by atoms with Crippen LogP contribution in [0, 0.1) is 6.92 Å². The standard InChI is InChI=1S/C12H17NO/c1-8-3-4-11-10(5-6-14-11)12(8)9(2)7-13/h3-4,9H,5-7,13H2,1-2H3. The van der Waals surface area contributed by atoms with Crippen LogP contribution in [-0.2, 0) is 6.42 Å². The lowest BCUT2D eigenvalue weighted by molar-refractivity contribution is 0.357. The molecule has 0 amide bonds. The number of hydrogen-bond donors (Lipinski definition) is 1. The van der Waals surface area contributed by atoms with Gasteiger partial charge in [-0.2, -0.15) is 0 Å². The molecule has 1 atom stereocenters. The highest BCUT2D eigenvalue weighted by Crippen LogP contribution is 2.34. The molecule has 1 aromatic carbocycles. The Bertz CT molecular complexity index is 346. The lowest BCUT2D eigenvalue weighted by Gasteiger charge is -2.16. The fraction of sp³-hybridized carbons (Fsp3) is 0.500. The highest BCUT2D eigenvalue weighted by atomic mass is 16.5. The summed E-state index contributed by atoms with van der Waals surface area (Å²) >= 11 is 0. The highest BCUT2D eigenvalue weighted by molar-refractivity contribution is 5.48. The first-order valence-electron chi connectivity index (χ1n) is 5.19. The molecule has 0 saturated carbocycles. The average molecular weight is 191 g/mol. The molecular formula is C12H17NO. The molecule has 1 aliphatic heterocycles. The van der Waals surface area contributed by atoms with Gasteiger partial charge in [-0.25, -0.2) is 0 Å². The molecule has 1 aromatic rings. The van der Waals surface area contributed by atoms with Crippen molar-refractivity contribution in [1.82, 2.24) is 0 Å². The quantitative estimate of drug-likeness (QED) is 0.776. The number of fused-ring (bicyclic) bond motifs is 1. The van der Waals surface area contributed by atoms with Crippen molar-refractivity contribution in [1.29, 1.82) is 0 Å². The third-order valence-electron chi connectivity index (χ3n) is 2.99. The number of rotatable bonds is 2. The van der Waals surface area contributed by atoms with Gasteiger partial charge in [-0.05, 0) is 36.6 Å². The minimum Gasteiger partial charge on any atom is -0.493 e. The molecule has 2 rings (SSSR count). The second-order valence-corrected chi connectivity index (χ2v) is 4.01. The summed E-state index contributed by atoms with van der Waals surface area (Å²) in [5, 5.41) is 0. The Morgan fingerprint density at radius 1 is 1.50 bits per heavy atom. The summed E-state index contributed by atoms with van der Waals surface area (Å²) in [6.45, 7) is 5.86. The molecular weight excluding hydrogens is 174 g/mol. The lowest BCUT2D eigenvalue weighted by atomic mass is 9.90. The fourth-order valence-electron chi connectivity index (χ4n) is 2.22. The normalized spacial score (nSPS) is 16.2. The lowest BCUT2D eigenvalue weighted by Crippen LogP contribution is -2.12. The molecule has 0 saturated heterocycles. The average Bonchev–Trinajstić information content (AvgIpc) is 2.64. The summed E-state index contributed by atoms with van der Waals surface area (Å²) in [7, 11) is 0. The van der Waals surface area contributed by atoms with Crippen LogP contribution < -0.4 is 10.5 Å². The van der Waals surface area contributed by atoms with Crippen LogP contribution in [0.2, 0.25) is 0 Å². The van der Waals surface area contributed by atoms with Gasteiger partial charge in [0.2, 0.25) is 0 Å². The topological polar surface area (TPSA) is 35.2 Å². The summed E-state index contributed by atoms with van der Waals surface area (Å²) in [5.74, 6) is 1.50. The molecule has 1 aliphatic rings. The van der Waals surface area contributed by atoms with Crippen molar-refractivity contribution in [3.63, 3.8) is 0 Å². The highest BCUT2D eigenvalue weighted by Gasteiger charge is 2.20. The van der Waals surface area contributed by atoms with Crippen LogP contribution in [0.15, 0.2) is 12.1 Å². The predicted molar refractivity (Wildman–Crippen MR) is 57.8 cm³/mol. The molecule has 0 radical (unpaired) electrons. The van der Waals surface area contributed by atoms with Crippen molar-refractivity contribution in [2.45, 2.75) is 26.2 Å². The third kappa shape index (κ3) is 1.40. The molecule has 1 heterocycles. The van der Waals surface area contributed by atoms with Crippen molar-refractivity contribution < 1.29 is 4.74 Å². The van der Waals surface area contributed by atoms with E-state index >= 15 is 0 Å². The Morgan fingerprint density at radius 3 is 3.00 bits per heavy atom. The minimum absolute atomic E-state index is 0.437. The van der Waals surface area contributed by atoms with E-state index < -0.39 is 0 Å². The zero-order valence-corrected chi connectivity index (χ0v) is 8.84. The minimum atomic E-state index is 0.437. The van der Waals surface area contributed by atoms with E-state index in [1.165, 1.54) is 16.7 Å². The van der Waals surface area contributed by atoms with E-state index in [2.05, 4.69) is 26.0 Å². The SMILES string of the molecule is Cc1ccc2c(c1C(C)CN)CCO2. The van der Waals surface area contributed by atoms with Gasteiger partial charge in [-0.3, -0.25) is 0 Å². The Balaban J connectivity index is 2.51. The summed E-state index contributed by atoms with van der Waals surface area (Å²) in [4.78, 5) is 0. The van der Waals surface area contributed by atoms with Crippen LogP contribution in [0.5, 0.6) is 5.75 Å². The van der Waals surface area contributed by atoms with Gasteiger partial charge in [0.05, 0.1) is 6.61 Å². The molecule has 14 heavy (non-hydrogen) atoms. The Kier molecular flexibility index (Phi) is 2.46. The third-order valence-corrected chi connectivity index (χ3v) is 2.99. The van der Waals surface area contributed by atoms with E-state index in [0.29, 0.717) is 12.5 Å². The Hall–Kier alpha value is -1.02. The zero-order valence-electron chi connectivity index (χ0n) is 8.84. The van der Waals surface area contributed by atoms with Crippen LogP contribution >= 0.6 is 0 Å². The fourth-order valence-corrected chi connectivity index (χ4v) is 2.22. The molecule has 1 unspecified atom stereocenters. The number of nitrogens with two attached hydrogens (primary N) is 1. The van der Waals surface area contributed by atoms with E-state index in [0.717, 1.165) is 18.8 Å². The number of benzene rings is 1. The van der Waals surface area contributed by atoms with Crippen molar-refractivity contribution >= 4 is 0 Å². The van der Waals surface area contributed by atoms with E-state index in [1.54, 1.807) is 0 Å². The maximum Gasteiger partial charge on any atom is 0.122 e. The molecule has 2 nitrogen and oxygen atoms in total. The Labute approximate surface area is 85.1 Å². The number of hydrogen-bond acceptors (Lipinski definition) is 2. The van der Waals surface area contributed by atoms with Gasteiger partial charge in [-0.15, -0.1) is 0 Å². The smallest absolute Gasteiger partial charge is 0.122 e. The van der Waals surface area contributed by atoms with Gasteiger partial charge in [0.15, 0.2) is 0 Å². The summed E-state index contributed by atoms with van der Waals surface area (Å²) in [5.41, 5.74) is 9.85. The first-order valence-corrected chi connectivity index (χ1v) is 5.19. The second-order valence-electron chi connectivity index (χ2n) is 4.01. The molecule has 2 N–H and O–H groups in total. The van der Waals surface area contributed by atoms with Gasteiger partial charge in [0.25, 0.3) is 0 Å². The van der Waals surface area contributed by atoms with Crippen LogP contribution in [-0.4, -0.2) is 13.2 Å². The summed E-state index contributed by atoms with van der Waals surface area (Å²) in [6, 6.07) is 4.20. The van der Waals surface area contributed by atoms with E-state index in [-0.39, 0.29) is 0 Å². The maximum absolute atomic E-state index is 5.73. The van der Waals surface area contributed by atoms with Gasteiger partial charge >= 0.3 is 0 Å². The molecule has 0 fully saturated rings. The first-order chi connectivity index (χ1) is 6.74. The van der Waals surface area contributed by atoms with Crippen LogP contribution in [0.4, 0.5) is 0 Å². The second kappa shape index (κ2) is 3.62. The molecule has 0 aliphatic carbocycles. The monoisotopic (exact) mass is 191 g/mol. The molecule has 76 valence electrons. The predicted octanol–water partition coefficient (Wildman–Crippen LogP) is 1.99. The van der Waals surface area contributed by atoms with Gasteiger partial charge < -0.3 is 10.5 Å². The van der Waals surface area contributed by atoms with Gasteiger partial charge in [-0.1, -0.05) is 13.0 Å². The number of aryl methyl sites for hydroxylation is 1. The van der Waals surface area contributed by atoms with E-state index in [1.807, 2.05) is 0 Å². The molecule has 0 spiro atoms. The van der Waals surface area contributed by atoms with Crippen LogP contribution in [0.1, 0.15) is 29.5 Å². The van der Waals surface area contributed by atoms with Crippen molar-refractivity contribution in [2.24, 2.45) is 5.73 Å². The van der Waals surface area contributed by atoms with Gasteiger partial charge in [0.1, 0.15) is 5.75 Å². The largest absolute Gasteiger partial charge is 0.493 e. The Morgan fingerprint density at radius 2 is 2.29 bits per heavy atom. The first kappa shape index (κ1) is 9.53. The number of ether oxygens (including phenoxy) is 1. The maximum atomic E-state index is 5.73. The van der Waals surface area contributed by atoms with Crippen LogP contribution in [0.25, 0.3) is 0 Å². The molecule has 0 bridgehead atoms. The van der Waals surface area contributed by atoms with E-state index in [4.69, 9.17) is 10.5 Å². The summed E-state index contributed by atoms with van der Waals surface area (Å²) in [6.07, 6.45) is 1.04. The summed E-state index contributed by atoms with van der Waals surface area (Å²) < 4.78 is 5.55. The van der Waals surface area contributed by atoms with Crippen molar-refractivity contribution in [3.05, 3.63) is 28.8 Å². The van der Waals surface area contributed by atoms with Crippen LogP contribution in [0.3, 0.4) is 0 Å². The van der Waals surface area contributed by atoms with Gasteiger partial charge in [0, 0.05) is 12.0 Å². The van der Waals surface area contributed by atoms with E-state index in [9.17, 15) is 0 Å². The molecule has 0 aromatic heterocycles. The van der Waals surface area contributed by atoms with Crippen molar-refractivity contribution in [2.75, 3.05) is 13.2 Å². The zero-order chi connectivity index (χ0) is 10.1. The molecule has 2 heteroatoms. The van der Waals surface area contributed by atoms with Crippen molar-refractivity contribution in [3.8, 4) is 5.75 Å².